The van der Waals surface area contributed by atoms with Crippen LogP contribution in [0.1, 0.15) is 142 Å². The van der Waals surface area contributed by atoms with Crippen LogP contribution in [0, 0.1) is 0 Å². The van der Waals surface area contributed by atoms with Crippen molar-refractivity contribution in [3.63, 3.8) is 0 Å². The van der Waals surface area contributed by atoms with E-state index in [0.29, 0.717) is 13.1 Å². The molecule has 418 valence electrons. The van der Waals surface area contributed by atoms with Crippen LogP contribution in [0.2, 0.25) is 0 Å². The van der Waals surface area contributed by atoms with E-state index in [0.717, 1.165) is 53.4 Å². The molecule has 0 aliphatic carbocycles. The van der Waals surface area contributed by atoms with E-state index in [1.54, 1.807) is 0 Å². The fourth-order valence-electron chi connectivity index (χ4n) is 10.7. The van der Waals surface area contributed by atoms with Crippen LogP contribution in [0.5, 0.6) is 0 Å². The van der Waals surface area contributed by atoms with Gasteiger partial charge in [0.25, 0.3) is 20.2 Å². The smallest absolute Gasteiger partial charge is 0.289 e. The number of unbranched alkanes of at least 4 members (excludes halogenated alkanes) is 17. The lowest BCUT2D eigenvalue weighted by molar-refractivity contribution is 0.0149. The van der Waals surface area contributed by atoms with Gasteiger partial charge in [0.15, 0.2) is 11.9 Å². The van der Waals surface area contributed by atoms with E-state index in [9.17, 15) is 25.9 Å². The highest BCUT2D eigenvalue weighted by Gasteiger charge is 2.50. The number of para-hydroxylation sites is 5. The van der Waals surface area contributed by atoms with Gasteiger partial charge in [0.1, 0.15) is 48.0 Å². The van der Waals surface area contributed by atoms with Crippen molar-refractivity contribution >= 4 is 54.4 Å². The van der Waals surface area contributed by atoms with Gasteiger partial charge in [-0.1, -0.05) is 201 Å². The molecule has 0 spiro atoms. The zero-order valence-corrected chi connectivity index (χ0v) is 47.5. The molecule has 2 atom stereocenters. The topological polar surface area (TPSA) is 146 Å². The first-order valence-corrected chi connectivity index (χ1v) is 31.4. The largest absolute Gasteiger partial charge is 0.370 e. The summed E-state index contributed by atoms with van der Waals surface area (Å²) in [6.45, 7) is 7.37. The lowest BCUT2D eigenvalue weighted by Crippen LogP contribution is -2.50. The van der Waals surface area contributed by atoms with E-state index in [2.05, 4.69) is 122 Å². The average Bonchev–Trinajstić information content (AvgIpc) is 3.48. The predicted molar refractivity (Wildman–Crippen MR) is 312 cm³/mol. The van der Waals surface area contributed by atoms with Crippen LogP contribution >= 0.6 is 0 Å². The Kier molecular flexibility index (Phi) is 27.9. The van der Waals surface area contributed by atoms with Crippen molar-refractivity contribution in [1.82, 2.24) is 8.97 Å². The van der Waals surface area contributed by atoms with Crippen LogP contribution in [0.25, 0.3) is 0 Å². The Morgan fingerprint density at radius 3 is 1.09 bits per heavy atom. The summed E-state index contributed by atoms with van der Waals surface area (Å²) in [5, 5.41) is 0. The molecule has 5 rings (SSSR count). The van der Waals surface area contributed by atoms with E-state index >= 15 is 0 Å². The maximum atomic E-state index is 11.5. The summed E-state index contributed by atoms with van der Waals surface area (Å²) < 4.78 is 88.8. The normalized spacial score (nSPS) is 13.2. The molecular formula is C62H90N2O10S2+2. The molecule has 0 heterocycles. The zero-order chi connectivity index (χ0) is 54.4. The minimum Gasteiger partial charge on any atom is -0.370 e. The highest BCUT2D eigenvalue weighted by molar-refractivity contribution is 7.85. The van der Waals surface area contributed by atoms with Crippen LogP contribution in [0.4, 0.5) is 34.1 Å². The van der Waals surface area contributed by atoms with Crippen LogP contribution < -0.4 is 8.97 Å². The van der Waals surface area contributed by atoms with Gasteiger partial charge in [-0.05, 0) is 75.2 Å². The molecular weight excluding hydrogens is 997 g/mol. The predicted octanol–water partition coefficient (Wildman–Crippen LogP) is 15.7. The molecule has 0 saturated carbocycles. The van der Waals surface area contributed by atoms with Crippen molar-refractivity contribution in [2.75, 3.05) is 51.4 Å². The SMILES string of the molecule is CCCCCCCCCCCCCCCCCCCCc1cccc([N+](CC(C)OCCOCS(=O)(=O)O)(c2ccccc2)c2ccccc2)c1[N+](CC(C)OCCOCS(=O)(=O)O)(c1ccccc1)c1ccccc1. The minimum atomic E-state index is -4.31. The van der Waals surface area contributed by atoms with Crippen molar-refractivity contribution in [3.05, 3.63) is 145 Å². The van der Waals surface area contributed by atoms with E-state index in [1.165, 1.54) is 108 Å². The summed E-state index contributed by atoms with van der Waals surface area (Å²) in [4.78, 5) is 0. The number of hydrogen-bond acceptors (Lipinski definition) is 8. The van der Waals surface area contributed by atoms with Crippen molar-refractivity contribution in [2.24, 2.45) is 0 Å². The average molecular weight is 1090 g/mol. The van der Waals surface area contributed by atoms with Gasteiger partial charge in [-0.3, -0.25) is 9.11 Å². The van der Waals surface area contributed by atoms with Crippen molar-refractivity contribution < 1.29 is 44.9 Å². The summed E-state index contributed by atoms with van der Waals surface area (Å²) >= 11 is 0. The third kappa shape index (κ3) is 20.8. The second-order valence-electron chi connectivity index (χ2n) is 20.5. The molecule has 5 aromatic rings. The first-order chi connectivity index (χ1) is 36.8. The van der Waals surface area contributed by atoms with Crippen LogP contribution in [0.15, 0.2) is 140 Å². The molecule has 0 saturated heterocycles. The van der Waals surface area contributed by atoms with Crippen molar-refractivity contribution in [2.45, 2.75) is 155 Å². The van der Waals surface area contributed by atoms with E-state index in [-0.39, 0.29) is 35.4 Å². The third-order valence-corrected chi connectivity index (χ3v) is 15.2. The summed E-state index contributed by atoms with van der Waals surface area (Å²) in [6.07, 6.45) is 23.5. The van der Waals surface area contributed by atoms with Crippen molar-refractivity contribution in [3.8, 4) is 0 Å². The monoisotopic (exact) mass is 1090 g/mol. The Bertz CT molecular complexity index is 2480. The Morgan fingerprint density at radius 1 is 0.408 bits per heavy atom. The van der Waals surface area contributed by atoms with Gasteiger partial charge in [0.2, 0.25) is 11.4 Å². The number of ether oxygens (including phenoxy) is 4. The first-order valence-electron chi connectivity index (χ1n) is 28.2. The number of rotatable bonds is 41. The molecule has 14 heteroatoms. The molecule has 2 N–H and O–H groups in total. The number of quaternary nitrogens is 2. The standard InChI is InChI=1S/C62H88N2O10S2/c1-4-5-6-7-8-9-10-11-12-13-14-15-16-17-18-19-20-25-35-56-36-34-45-61(63(57-37-26-21-27-38-57,58-39-28-22-29-40-58)50-54(2)73-48-46-71-52-75(65,66)67)62(56)64(59-41-30-23-31-42-59,60-43-32-24-33-44-60)51-55(3)74-49-47-72-53-76(68,69)70/h21-24,26-34,36-45,54-55H,4-20,25,35,46-53H2,1-3H3/p+2. The van der Waals surface area contributed by atoms with Gasteiger partial charge in [0, 0.05) is 11.6 Å². The quantitative estimate of drug-likeness (QED) is 0.0220. The van der Waals surface area contributed by atoms with Crippen molar-refractivity contribution in [1.29, 1.82) is 0 Å². The Balaban J connectivity index is 1.54. The molecule has 0 aliphatic rings. The first kappa shape index (κ1) is 62.5. The molecule has 76 heavy (non-hydrogen) atoms. The molecule has 0 aromatic heterocycles. The van der Waals surface area contributed by atoms with Crippen LogP contribution in [-0.4, -0.2) is 89.5 Å². The lowest BCUT2D eigenvalue weighted by atomic mass is 9.95. The van der Waals surface area contributed by atoms with Gasteiger partial charge in [0.05, 0.1) is 26.4 Å². The Labute approximate surface area is 457 Å². The van der Waals surface area contributed by atoms with Crippen LogP contribution in [0.3, 0.4) is 0 Å². The fourth-order valence-corrected chi connectivity index (χ4v) is 11.4. The van der Waals surface area contributed by atoms with Gasteiger partial charge >= 0.3 is 0 Å². The fraction of sp³-hybridized carbons (Fsp3) is 0.516. The summed E-state index contributed by atoms with van der Waals surface area (Å²) in [5.41, 5.74) is 7.41. The maximum Gasteiger partial charge on any atom is 0.289 e. The van der Waals surface area contributed by atoms with E-state index < -0.39 is 44.3 Å². The Hall–Kier alpha value is -4.32. The minimum absolute atomic E-state index is 0.0250. The second-order valence-corrected chi connectivity index (χ2v) is 23.3. The Morgan fingerprint density at radius 2 is 0.737 bits per heavy atom. The molecule has 5 aromatic carbocycles. The number of hydrogen-bond donors (Lipinski definition) is 2. The third-order valence-electron chi connectivity index (χ3n) is 14.3. The highest BCUT2D eigenvalue weighted by Crippen LogP contribution is 2.56. The number of nitrogens with zero attached hydrogens (tertiary/aromatic N) is 2. The van der Waals surface area contributed by atoms with E-state index in [1.807, 2.05) is 38.1 Å². The summed E-state index contributed by atoms with van der Waals surface area (Å²) in [5.74, 6) is -1.62. The number of benzene rings is 5. The zero-order valence-electron chi connectivity index (χ0n) is 45.9. The molecule has 0 fully saturated rings. The maximum absolute atomic E-state index is 11.5. The summed E-state index contributed by atoms with van der Waals surface area (Å²) in [6, 6.07) is 48.8. The molecule has 0 amide bonds. The second kappa shape index (κ2) is 33.9. The van der Waals surface area contributed by atoms with Gasteiger partial charge in [-0.15, -0.1) is 0 Å². The molecule has 0 aliphatic heterocycles. The lowest BCUT2D eigenvalue weighted by Gasteiger charge is -2.45. The van der Waals surface area contributed by atoms with Gasteiger partial charge in [-0.2, -0.15) is 16.8 Å². The summed E-state index contributed by atoms with van der Waals surface area (Å²) in [7, 11) is -8.61. The van der Waals surface area contributed by atoms with Crippen LogP contribution in [-0.2, 0) is 45.6 Å². The van der Waals surface area contributed by atoms with Gasteiger partial charge in [-0.25, -0.2) is 8.97 Å². The molecule has 0 radical (unpaired) electrons. The number of aryl methyl sites for hydroxylation is 1. The molecule has 0 bridgehead atoms. The highest BCUT2D eigenvalue weighted by atomic mass is 32.2. The molecule has 12 nitrogen and oxygen atoms in total. The van der Waals surface area contributed by atoms with E-state index in [4.69, 9.17) is 18.9 Å². The molecule has 2 unspecified atom stereocenters. The van der Waals surface area contributed by atoms with Gasteiger partial charge < -0.3 is 18.9 Å².